The third-order valence-corrected chi connectivity index (χ3v) is 3.70. The van der Waals surface area contributed by atoms with Crippen molar-refractivity contribution < 1.29 is 4.79 Å². The van der Waals surface area contributed by atoms with Gasteiger partial charge in [0.2, 0.25) is 0 Å². The molecule has 0 saturated heterocycles. The summed E-state index contributed by atoms with van der Waals surface area (Å²) in [5.74, 6) is 0.586. The lowest BCUT2D eigenvalue weighted by atomic mass is 9.78. The van der Waals surface area contributed by atoms with E-state index < -0.39 is 0 Å². The predicted octanol–water partition coefficient (Wildman–Crippen LogP) is 3.64. The number of ketones is 1. The van der Waals surface area contributed by atoms with Gasteiger partial charge in [0.25, 0.3) is 0 Å². The summed E-state index contributed by atoms with van der Waals surface area (Å²) in [6, 6.07) is 16.8. The standard InChI is InChI=1S/C17H16O/c1-12-7-8-14-10-15(18)11-17(16(14)9-12)13-5-3-2-4-6-13/h2-9,17H,10-11H2,1H3. The highest BCUT2D eigenvalue weighted by Crippen LogP contribution is 2.35. The molecule has 2 aromatic carbocycles. The van der Waals surface area contributed by atoms with E-state index in [4.69, 9.17) is 0 Å². The molecular formula is C17H16O. The number of hydrogen-bond donors (Lipinski definition) is 0. The van der Waals surface area contributed by atoms with Crippen LogP contribution in [0, 0.1) is 6.92 Å². The van der Waals surface area contributed by atoms with Gasteiger partial charge < -0.3 is 0 Å². The zero-order valence-corrected chi connectivity index (χ0v) is 10.5. The first-order valence-corrected chi connectivity index (χ1v) is 6.40. The average molecular weight is 236 g/mol. The number of hydrogen-bond acceptors (Lipinski definition) is 1. The summed E-state index contributed by atoms with van der Waals surface area (Å²) in [5, 5.41) is 0. The van der Waals surface area contributed by atoms with Crippen LogP contribution in [0.3, 0.4) is 0 Å². The highest BCUT2D eigenvalue weighted by molar-refractivity contribution is 5.85. The summed E-state index contributed by atoms with van der Waals surface area (Å²) in [6.45, 7) is 2.11. The number of aryl methyl sites for hydroxylation is 1. The topological polar surface area (TPSA) is 17.1 Å². The van der Waals surface area contributed by atoms with Crippen LogP contribution in [0.25, 0.3) is 0 Å². The fourth-order valence-corrected chi connectivity index (χ4v) is 2.80. The number of Topliss-reactive ketones (excluding diaryl/α,β-unsaturated/α-hetero) is 1. The van der Waals surface area contributed by atoms with Gasteiger partial charge in [-0.05, 0) is 23.6 Å². The van der Waals surface area contributed by atoms with Crippen LogP contribution in [0.4, 0.5) is 0 Å². The van der Waals surface area contributed by atoms with Gasteiger partial charge in [-0.3, -0.25) is 4.79 Å². The summed E-state index contributed by atoms with van der Waals surface area (Å²) in [6.07, 6.45) is 1.24. The Balaban J connectivity index is 2.12. The highest BCUT2D eigenvalue weighted by Gasteiger charge is 2.26. The second-order valence-electron chi connectivity index (χ2n) is 5.09. The zero-order chi connectivity index (χ0) is 12.5. The molecule has 0 saturated carbocycles. The van der Waals surface area contributed by atoms with E-state index >= 15 is 0 Å². The zero-order valence-electron chi connectivity index (χ0n) is 10.5. The Morgan fingerprint density at radius 3 is 2.61 bits per heavy atom. The van der Waals surface area contributed by atoms with Crippen LogP contribution in [-0.4, -0.2) is 5.78 Å². The molecule has 1 heteroatoms. The maximum atomic E-state index is 11.9. The molecule has 0 aromatic heterocycles. The van der Waals surface area contributed by atoms with Crippen LogP contribution >= 0.6 is 0 Å². The van der Waals surface area contributed by atoms with E-state index in [0.717, 1.165) is 0 Å². The Hall–Kier alpha value is -1.89. The van der Waals surface area contributed by atoms with Gasteiger partial charge >= 0.3 is 0 Å². The molecule has 1 nitrogen and oxygen atoms in total. The van der Waals surface area contributed by atoms with E-state index in [1.54, 1.807) is 0 Å². The van der Waals surface area contributed by atoms with E-state index in [2.05, 4.69) is 37.3 Å². The minimum Gasteiger partial charge on any atom is -0.299 e. The van der Waals surface area contributed by atoms with E-state index in [-0.39, 0.29) is 5.92 Å². The molecular weight excluding hydrogens is 220 g/mol. The summed E-state index contributed by atoms with van der Waals surface area (Å²) < 4.78 is 0. The van der Waals surface area contributed by atoms with Gasteiger partial charge in [-0.2, -0.15) is 0 Å². The van der Waals surface area contributed by atoms with Crippen molar-refractivity contribution in [1.82, 2.24) is 0 Å². The average Bonchev–Trinajstić information content (AvgIpc) is 2.39. The van der Waals surface area contributed by atoms with Gasteiger partial charge in [0.15, 0.2) is 0 Å². The minimum atomic E-state index is 0.238. The van der Waals surface area contributed by atoms with Gasteiger partial charge in [0.1, 0.15) is 5.78 Å². The number of benzene rings is 2. The molecule has 0 N–H and O–H groups in total. The van der Waals surface area contributed by atoms with Gasteiger partial charge in [-0.25, -0.2) is 0 Å². The fraction of sp³-hybridized carbons (Fsp3) is 0.235. The third-order valence-electron chi connectivity index (χ3n) is 3.70. The summed E-state index contributed by atoms with van der Waals surface area (Å²) in [5.41, 5.74) is 5.05. The lowest BCUT2D eigenvalue weighted by Crippen LogP contribution is -2.19. The number of rotatable bonds is 1. The number of fused-ring (bicyclic) bond motifs is 1. The van der Waals surface area contributed by atoms with Crippen LogP contribution in [0.15, 0.2) is 48.5 Å². The van der Waals surface area contributed by atoms with Crippen molar-refractivity contribution in [2.75, 3.05) is 0 Å². The number of carbonyl (C=O) groups excluding carboxylic acids is 1. The summed E-state index contributed by atoms with van der Waals surface area (Å²) in [7, 11) is 0. The Bertz CT molecular complexity index is 584. The quantitative estimate of drug-likeness (QED) is 0.738. The van der Waals surface area contributed by atoms with Crippen LogP contribution in [0.1, 0.15) is 34.6 Å². The molecule has 1 aliphatic rings. The van der Waals surface area contributed by atoms with Crippen LogP contribution in [0.5, 0.6) is 0 Å². The van der Waals surface area contributed by atoms with Gasteiger partial charge in [0, 0.05) is 18.8 Å². The summed E-state index contributed by atoms with van der Waals surface area (Å²) >= 11 is 0. The van der Waals surface area contributed by atoms with Crippen molar-refractivity contribution in [3.8, 4) is 0 Å². The van der Waals surface area contributed by atoms with Crippen molar-refractivity contribution in [2.45, 2.75) is 25.7 Å². The Morgan fingerprint density at radius 2 is 1.83 bits per heavy atom. The van der Waals surface area contributed by atoms with Crippen LogP contribution < -0.4 is 0 Å². The molecule has 0 heterocycles. The maximum Gasteiger partial charge on any atom is 0.138 e. The molecule has 0 radical (unpaired) electrons. The van der Waals surface area contributed by atoms with Crippen molar-refractivity contribution in [2.24, 2.45) is 0 Å². The molecule has 2 aromatic rings. The van der Waals surface area contributed by atoms with Crippen molar-refractivity contribution >= 4 is 5.78 Å². The van der Waals surface area contributed by atoms with E-state index in [1.807, 2.05) is 18.2 Å². The van der Waals surface area contributed by atoms with Crippen molar-refractivity contribution in [1.29, 1.82) is 0 Å². The Morgan fingerprint density at radius 1 is 1.06 bits per heavy atom. The van der Waals surface area contributed by atoms with Crippen LogP contribution in [0.2, 0.25) is 0 Å². The van der Waals surface area contributed by atoms with E-state index in [1.165, 1.54) is 22.3 Å². The molecule has 0 bridgehead atoms. The molecule has 0 spiro atoms. The minimum absolute atomic E-state index is 0.238. The monoisotopic (exact) mass is 236 g/mol. The Kier molecular flexibility index (Phi) is 2.75. The molecule has 1 atom stereocenters. The molecule has 1 unspecified atom stereocenters. The third kappa shape index (κ3) is 1.97. The smallest absolute Gasteiger partial charge is 0.138 e. The lowest BCUT2D eigenvalue weighted by molar-refractivity contribution is -0.119. The summed E-state index contributed by atoms with van der Waals surface area (Å²) in [4.78, 5) is 11.9. The number of carbonyl (C=O) groups is 1. The molecule has 0 amide bonds. The van der Waals surface area contributed by atoms with Crippen molar-refractivity contribution in [3.63, 3.8) is 0 Å². The first kappa shape index (κ1) is 11.2. The Labute approximate surface area is 107 Å². The molecule has 0 fully saturated rings. The normalized spacial score (nSPS) is 18.5. The maximum absolute atomic E-state index is 11.9. The highest BCUT2D eigenvalue weighted by atomic mass is 16.1. The molecule has 18 heavy (non-hydrogen) atoms. The molecule has 0 aliphatic heterocycles. The second kappa shape index (κ2) is 4.41. The molecule has 3 rings (SSSR count). The van der Waals surface area contributed by atoms with Gasteiger partial charge in [-0.15, -0.1) is 0 Å². The lowest BCUT2D eigenvalue weighted by Gasteiger charge is -2.25. The van der Waals surface area contributed by atoms with Crippen molar-refractivity contribution in [3.05, 3.63) is 70.8 Å². The predicted molar refractivity (Wildman–Crippen MR) is 72.8 cm³/mol. The first-order chi connectivity index (χ1) is 8.74. The van der Waals surface area contributed by atoms with E-state index in [9.17, 15) is 4.79 Å². The van der Waals surface area contributed by atoms with Gasteiger partial charge in [-0.1, -0.05) is 54.1 Å². The molecule has 90 valence electrons. The largest absolute Gasteiger partial charge is 0.299 e. The van der Waals surface area contributed by atoms with Gasteiger partial charge in [0.05, 0.1) is 0 Å². The first-order valence-electron chi connectivity index (χ1n) is 6.40. The SMILES string of the molecule is Cc1ccc2c(c1)C(c1ccccc1)CC(=O)C2. The second-order valence-corrected chi connectivity index (χ2v) is 5.09. The van der Waals surface area contributed by atoms with E-state index in [0.29, 0.717) is 18.6 Å². The van der Waals surface area contributed by atoms with Crippen LogP contribution in [-0.2, 0) is 11.2 Å². The fourth-order valence-electron chi connectivity index (χ4n) is 2.80. The molecule has 1 aliphatic carbocycles.